The van der Waals surface area contributed by atoms with Gasteiger partial charge in [-0.2, -0.15) is 5.10 Å². The average Bonchev–Trinajstić information content (AvgIpc) is 3.31. The summed E-state index contributed by atoms with van der Waals surface area (Å²) in [7, 11) is -2.42. The zero-order valence-electron chi connectivity index (χ0n) is 21.9. The number of nitrogens with zero attached hydrogens (tertiary/aromatic N) is 7. The Balaban J connectivity index is 1.60. The van der Waals surface area contributed by atoms with Gasteiger partial charge in [-0.25, -0.2) is 23.8 Å². The van der Waals surface area contributed by atoms with Crippen molar-refractivity contribution in [2.75, 3.05) is 31.1 Å². The van der Waals surface area contributed by atoms with Crippen LogP contribution in [0.15, 0.2) is 17.0 Å². The first kappa shape index (κ1) is 27.4. The second-order valence-electron chi connectivity index (χ2n) is 10.8. The van der Waals surface area contributed by atoms with Gasteiger partial charge in [-0.05, 0) is 12.1 Å². The first-order chi connectivity index (χ1) is 18.2. The number of aromatic nitrogens is 4. The molecule has 2 aromatic heterocycles. The van der Waals surface area contributed by atoms with Crippen molar-refractivity contribution in [3.05, 3.63) is 28.6 Å². The maximum absolute atomic E-state index is 13.4. The van der Waals surface area contributed by atoms with Gasteiger partial charge >= 0.3 is 0 Å². The third kappa shape index (κ3) is 5.08. The van der Waals surface area contributed by atoms with Crippen LogP contribution in [0.2, 0.25) is 0 Å². The smallest absolute Gasteiger partial charge is 0.299 e. The zero-order valence-corrected chi connectivity index (χ0v) is 23.5. The molecule has 1 saturated heterocycles. The molecule has 1 amide bonds. The number of piperazine rings is 1. The van der Waals surface area contributed by atoms with Crippen molar-refractivity contribution >= 4 is 43.9 Å². The van der Waals surface area contributed by atoms with E-state index >= 15 is 0 Å². The predicted molar refractivity (Wildman–Crippen MR) is 142 cm³/mol. The summed E-state index contributed by atoms with van der Waals surface area (Å²) in [4.78, 5) is 20.0. The van der Waals surface area contributed by atoms with Crippen LogP contribution < -0.4 is 9.62 Å². The van der Waals surface area contributed by atoms with Crippen LogP contribution >= 0.6 is 11.3 Å². The largest absolute Gasteiger partial charge is 0.366 e. The van der Waals surface area contributed by atoms with Crippen LogP contribution in [0, 0.1) is 12.0 Å². The Kier molecular flexibility index (Phi) is 6.63. The molecule has 1 aliphatic carbocycles. The van der Waals surface area contributed by atoms with Crippen LogP contribution in [-0.4, -0.2) is 71.0 Å². The minimum absolute atomic E-state index is 0.0376. The lowest BCUT2D eigenvalue weighted by molar-refractivity contribution is -0.139. The molecule has 0 atom stereocenters. The lowest BCUT2D eigenvalue weighted by Gasteiger charge is -2.39. The molecule has 1 N–H and O–H groups in total. The molecule has 0 spiro atoms. The fourth-order valence-electron chi connectivity index (χ4n) is 4.63. The minimum Gasteiger partial charge on any atom is -0.366 e. The van der Waals surface area contributed by atoms with Gasteiger partial charge in [0, 0.05) is 44.0 Å². The molecule has 1 aromatic carbocycles. The summed E-state index contributed by atoms with van der Waals surface area (Å²) >= 11 is 0.696. The molecule has 3 heterocycles. The summed E-state index contributed by atoms with van der Waals surface area (Å²) in [5.74, 6) is 0.0376. The average molecular weight is 579 g/mol. The molecule has 208 valence electrons. The fraction of sp³-hybridized carbons (Fsp3) is 0.542. The number of carbonyl (C=O) groups is 1. The van der Waals surface area contributed by atoms with Gasteiger partial charge in [-0.15, -0.1) is 14.9 Å². The molecule has 1 aliphatic heterocycles. The van der Waals surface area contributed by atoms with Crippen LogP contribution in [0.1, 0.15) is 45.0 Å². The van der Waals surface area contributed by atoms with Crippen molar-refractivity contribution < 1.29 is 22.0 Å². The van der Waals surface area contributed by atoms with E-state index < -0.39 is 32.5 Å². The first-order valence-corrected chi connectivity index (χ1v) is 14.6. The van der Waals surface area contributed by atoms with Gasteiger partial charge in [0.25, 0.3) is 12.1 Å². The highest BCUT2D eigenvalue weighted by molar-refractivity contribution is 7.89. The van der Waals surface area contributed by atoms with Crippen molar-refractivity contribution in [1.29, 1.82) is 0 Å². The van der Waals surface area contributed by atoms with Crippen LogP contribution in [0.4, 0.5) is 14.5 Å². The Morgan fingerprint density at radius 3 is 2.38 bits per heavy atom. The normalized spacial score (nSPS) is 17.6. The topological polar surface area (TPSA) is 118 Å². The van der Waals surface area contributed by atoms with Gasteiger partial charge in [0.15, 0.2) is 10.0 Å². The summed E-state index contributed by atoms with van der Waals surface area (Å²) in [5.41, 5.74) is -0.256. The number of rotatable bonds is 6. The summed E-state index contributed by atoms with van der Waals surface area (Å²) in [6, 6.07) is 2.98. The van der Waals surface area contributed by atoms with E-state index in [9.17, 15) is 22.0 Å². The van der Waals surface area contributed by atoms with Crippen LogP contribution in [0.5, 0.6) is 0 Å². The van der Waals surface area contributed by atoms with Gasteiger partial charge in [-0.1, -0.05) is 32.1 Å². The van der Waals surface area contributed by atoms with E-state index in [1.165, 1.54) is 6.07 Å². The minimum atomic E-state index is -4.11. The fourth-order valence-corrected chi connectivity index (χ4v) is 6.73. The quantitative estimate of drug-likeness (QED) is 0.446. The summed E-state index contributed by atoms with van der Waals surface area (Å²) in [5, 5.41) is 12.1. The van der Waals surface area contributed by atoms with E-state index in [0.29, 0.717) is 66.9 Å². The number of amides is 1. The highest BCUT2D eigenvalue weighted by Gasteiger charge is 2.54. The molecule has 15 heteroatoms. The van der Waals surface area contributed by atoms with Crippen molar-refractivity contribution in [2.24, 2.45) is 12.5 Å². The van der Waals surface area contributed by atoms with Crippen molar-refractivity contribution in [1.82, 2.24) is 29.6 Å². The number of aryl methyl sites for hydroxylation is 1. The van der Waals surface area contributed by atoms with E-state index in [2.05, 4.69) is 24.9 Å². The van der Waals surface area contributed by atoms with Gasteiger partial charge < -0.3 is 9.80 Å². The molecule has 39 heavy (non-hydrogen) atoms. The summed E-state index contributed by atoms with van der Waals surface area (Å²) < 4.78 is 57.5. The summed E-state index contributed by atoms with van der Waals surface area (Å²) in [6.07, 6.45) is -1.95. The van der Waals surface area contributed by atoms with Crippen LogP contribution in [0.3, 0.4) is 0 Å². The molecule has 2 fully saturated rings. The first-order valence-electron chi connectivity index (χ1n) is 12.3. The third-order valence-corrected chi connectivity index (χ3v) is 9.29. The highest BCUT2D eigenvalue weighted by Crippen LogP contribution is 2.41. The van der Waals surface area contributed by atoms with Crippen LogP contribution in [0.25, 0.3) is 26.4 Å². The van der Waals surface area contributed by atoms with Crippen molar-refractivity contribution in [3.8, 4) is 10.7 Å². The molecule has 0 radical (unpaired) electrons. The molecule has 2 aliphatic rings. The number of nitrogens with one attached hydrogen (secondary N) is 1. The van der Waals surface area contributed by atoms with Gasteiger partial charge in [0.2, 0.25) is 15.9 Å². The van der Waals surface area contributed by atoms with E-state index in [1.54, 1.807) is 22.7 Å². The molecule has 1 saturated carbocycles. The molecule has 0 unspecified atom stereocenters. The number of alkyl halides is 2. The highest BCUT2D eigenvalue weighted by atomic mass is 32.2. The molecule has 3 aromatic rings. The Morgan fingerprint density at radius 1 is 1.18 bits per heavy atom. The SMILES string of the molecule is [C-]#[N+]C1(NS(=O)(=O)c2cc(N3CCN(C(=O)C(C)(C)C)CC3)c3c(c2)c(-c2nnc(C(F)F)s2)nn3C)CC1. The number of hydrogen-bond acceptors (Lipinski definition) is 8. The molecular weight excluding hydrogens is 550 g/mol. The van der Waals surface area contributed by atoms with Crippen LogP contribution in [-0.2, 0) is 21.9 Å². The Hall–Kier alpha value is -3.22. The molecule has 11 nitrogen and oxygen atoms in total. The molecule has 5 rings (SSSR count). The van der Waals surface area contributed by atoms with Gasteiger partial charge in [0.1, 0.15) is 5.69 Å². The number of halogens is 2. The van der Waals surface area contributed by atoms with Gasteiger partial charge in [0.05, 0.1) is 28.9 Å². The maximum atomic E-state index is 13.4. The zero-order chi connectivity index (χ0) is 28.3. The Labute approximate surface area is 228 Å². The number of carbonyl (C=O) groups excluding carboxylic acids is 1. The molecular formula is C24H28F2N8O3S2. The second-order valence-corrected chi connectivity index (χ2v) is 13.5. The van der Waals surface area contributed by atoms with E-state index in [4.69, 9.17) is 6.57 Å². The molecule has 0 bridgehead atoms. The monoisotopic (exact) mass is 578 g/mol. The third-order valence-electron chi connectivity index (χ3n) is 6.84. The Morgan fingerprint density at radius 2 is 1.85 bits per heavy atom. The number of anilines is 1. The predicted octanol–water partition coefficient (Wildman–Crippen LogP) is 3.41. The van der Waals surface area contributed by atoms with Crippen molar-refractivity contribution in [2.45, 2.75) is 50.6 Å². The standard InChI is InChI=1S/C24H28F2N8O3S2/c1-23(2,3)22(35)34-10-8-33(9-11-34)16-13-14(39(36,37)31-24(27-4)6-7-24)12-15-17(30-32(5)18(15)16)20-28-29-21(38-20)19(25)26/h12-13,19,31H,6-11H2,1-3,5H3. The van der Waals surface area contributed by atoms with E-state index in [1.807, 2.05) is 25.7 Å². The number of benzene rings is 1. The maximum Gasteiger partial charge on any atom is 0.299 e. The van der Waals surface area contributed by atoms with Gasteiger partial charge in [-0.3, -0.25) is 14.3 Å². The van der Waals surface area contributed by atoms with Crippen molar-refractivity contribution in [3.63, 3.8) is 0 Å². The number of fused-ring (bicyclic) bond motifs is 1. The number of hydrogen-bond donors (Lipinski definition) is 1. The van der Waals surface area contributed by atoms with E-state index in [-0.39, 0.29) is 21.5 Å². The lowest BCUT2D eigenvalue weighted by atomic mass is 9.94. The second kappa shape index (κ2) is 9.46. The lowest BCUT2D eigenvalue weighted by Crippen LogP contribution is -2.51. The van der Waals surface area contributed by atoms with E-state index in [0.717, 1.165) is 0 Å². The number of sulfonamides is 1. The summed E-state index contributed by atoms with van der Waals surface area (Å²) in [6.45, 7) is 14.8. The Bertz CT molecular complexity index is 1590.